The minimum atomic E-state index is -0.969. The van der Waals surface area contributed by atoms with E-state index < -0.39 is 5.97 Å². The Balaban J connectivity index is 2.58. The van der Waals surface area contributed by atoms with Gasteiger partial charge in [0.2, 0.25) is 0 Å². The van der Waals surface area contributed by atoms with Crippen LogP contribution in [0.15, 0.2) is 41.5 Å². The Hall–Kier alpha value is -2.10. The van der Waals surface area contributed by atoms with Crippen molar-refractivity contribution in [2.75, 3.05) is 0 Å². The monoisotopic (exact) mass is 189 g/mol. The molecule has 0 aliphatic heterocycles. The molecule has 0 unspecified atom stereocenters. The highest BCUT2D eigenvalue weighted by Gasteiger charge is 2.11. The molecule has 0 aromatic carbocycles. The zero-order valence-electron chi connectivity index (χ0n) is 7.18. The number of hydrogen-bond acceptors (Lipinski definition) is 3. The first-order chi connectivity index (χ1) is 6.79. The fourth-order valence-electron chi connectivity index (χ4n) is 1.23. The molecule has 0 radical (unpaired) electrons. The summed E-state index contributed by atoms with van der Waals surface area (Å²) in [5, 5.41) is 8.91. The molecule has 0 fully saturated rings. The maximum atomic E-state index is 10.9. The van der Waals surface area contributed by atoms with Gasteiger partial charge in [-0.05, 0) is 12.1 Å². The second-order valence-electron chi connectivity index (χ2n) is 2.74. The maximum absolute atomic E-state index is 10.9. The molecule has 4 nitrogen and oxygen atoms in total. The van der Waals surface area contributed by atoms with E-state index in [-0.39, 0.29) is 5.56 Å². The Bertz CT molecular complexity index is 448. The van der Waals surface area contributed by atoms with Gasteiger partial charge < -0.3 is 9.52 Å². The molecule has 0 saturated carbocycles. The van der Waals surface area contributed by atoms with Gasteiger partial charge in [0.25, 0.3) is 0 Å². The Morgan fingerprint density at radius 3 is 2.93 bits per heavy atom. The van der Waals surface area contributed by atoms with E-state index in [1.807, 2.05) is 0 Å². The van der Waals surface area contributed by atoms with Crippen molar-refractivity contribution in [3.63, 3.8) is 0 Å². The van der Waals surface area contributed by atoms with Crippen LogP contribution in [0.5, 0.6) is 0 Å². The second kappa shape index (κ2) is 3.33. The summed E-state index contributed by atoms with van der Waals surface area (Å²) in [5.74, 6) is -0.969. The highest BCUT2D eigenvalue weighted by atomic mass is 16.4. The van der Waals surface area contributed by atoms with Crippen LogP contribution in [-0.4, -0.2) is 16.1 Å². The first-order valence-corrected chi connectivity index (χ1v) is 3.99. The van der Waals surface area contributed by atoms with Crippen molar-refractivity contribution in [3.05, 3.63) is 42.6 Å². The maximum Gasteiger partial charge on any atom is 0.336 e. The summed E-state index contributed by atoms with van der Waals surface area (Å²) < 4.78 is 4.88. The topological polar surface area (TPSA) is 63.3 Å². The normalized spacial score (nSPS) is 10.0. The predicted molar refractivity (Wildman–Crippen MR) is 48.9 cm³/mol. The third-order valence-corrected chi connectivity index (χ3v) is 1.88. The van der Waals surface area contributed by atoms with Gasteiger partial charge in [0, 0.05) is 23.5 Å². The largest absolute Gasteiger partial charge is 0.478 e. The van der Waals surface area contributed by atoms with E-state index in [9.17, 15) is 4.79 Å². The van der Waals surface area contributed by atoms with Crippen LogP contribution in [0.2, 0.25) is 0 Å². The molecule has 70 valence electrons. The number of furan rings is 1. The van der Waals surface area contributed by atoms with Crippen molar-refractivity contribution in [1.82, 2.24) is 4.98 Å². The van der Waals surface area contributed by atoms with E-state index in [0.717, 1.165) is 5.56 Å². The standard InChI is InChI=1S/C10H7NO3/c12-10(13)8-1-3-11-5-9(8)7-2-4-14-6-7/h1-6H,(H,12,13). The number of carboxylic acids is 1. The van der Waals surface area contributed by atoms with Crippen LogP contribution in [0.4, 0.5) is 0 Å². The van der Waals surface area contributed by atoms with Crippen molar-refractivity contribution in [3.8, 4) is 11.1 Å². The van der Waals surface area contributed by atoms with Gasteiger partial charge in [0.1, 0.15) is 0 Å². The molecule has 14 heavy (non-hydrogen) atoms. The fraction of sp³-hybridized carbons (Fsp3) is 0. The molecule has 2 rings (SSSR count). The third-order valence-electron chi connectivity index (χ3n) is 1.88. The Labute approximate surface area is 79.8 Å². The number of hydrogen-bond donors (Lipinski definition) is 1. The molecule has 1 N–H and O–H groups in total. The molecule has 4 heteroatoms. The van der Waals surface area contributed by atoms with E-state index in [1.54, 1.807) is 6.07 Å². The van der Waals surface area contributed by atoms with Crippen molar-refractivity contribution < 1.29 is 14.3 Å². The molecule has 2 aromatic heterocycles. The molecule has 0 spiro atoms. The summed E-state index contributed by atoms with van der Waals surface area (Å²) in [6, 6.07) is 3.16. The molecule has 0 aliphatic rings. The first kappa shape index (κ1) is 8.50. The molecule has 0 atom stereocenters. The van der Waals surface area contributed by atoms with Gasteiger partial charge in [-0.2, -0.15) is 0 Å². The highest BCUT2D eigenvalue weighted by molar-refractivity contribution is 5.95. The quantitative estimate of drug-likeness (QED) is 0.785. The zero-order valence-corrected chi connectivity index (χ0v) is 7.18. The summed E-state index contributed by atoms with van der Waals surface area (Å²) >= 11 is 0. The van der Waals surface area contributed by atoms with Crippen LogP contribution in [0.1, 0.15) is 10.4 Å². The van der Waals surface area contributed by atoms with Crippen molar-refractivity contribution in [2.24, 2.45) is 0 Å². The van der Waals surface area contributed by atoms with Crippen LogP contribution in [-0.2, 0) is 0 Å². The van der Waals surface area contributed by atoms with Gasteiger partial charge in [-0.15, -0.1) is 0 Å². The van der Waals surface area contributed by atoms with Gasteiger partial charge in [0.05, 0.1) is 18.1 Å². The van der Waals surface area contributed by atoms with E-state index >= 15 is 0 Å². The smallest absolute Gasteiger partial charge is 0.336 e. The minimum Gasteiger partial charge on any atom is -0.478 e. The molecular weight excluding hydrogens is 182 g/mol. The fourth-order valence-corrected chi connectivity index (χ4v) is 1.23. The Morgan fingerprint density at radius 2 is 2.29 bits per heavy atom. The van der Waals surface area contributed by atoms with Crippen LogP contribution in [0.25, 0.3) is 11.1 Å². The summed E-state index contributed by atoms with van der Waals surface area (Å²) in [6.45, 7) is 0. The van der Waals surface area contributed by atoms with Gasteiger partial charge in [0.15, 0.2) is 0 Å². The number of carboxylic acid groups (broad SMARTS) is 1. The molecule has 0 saturated heterocycles. The third kappa shape index (κ3) is 1.37. The number of rotatable bonds is 2. The molecule has 2 aromatic rings. The molecular formula is C10H7NO3. The van der Waals surface area contributed by atoms with Crippen molar-refractivity contribution >= 4 is 5.97 Å². The van der Waals surface area contributed by atoms with E-state index in [0.29, 0.717) is 5.56 Å². The lowest BCUT2D eigenvalue weighted by Crippen LogP contribution is -1.99. The van der Waals surface area contributed by atoms with Crippen molar-refractivity contribution in [2.45, 2.75) is 0 Å². The lowest BCUT2D eigenvalue weighted by Gasteiger charge is -2.00. The average molecular weight is 189 g/mol. The molecule has 0 aliphatic carbocycles. The van der Waals surface area contributed by atoms with Crippen LogP contribution >= 0.6 is 0 Å². The molecule has 2 heterocycles. The Kier molecular flexibility index (Phi) is 2.02. The van der Waals surface area contributed by atoms with Crippen LogP contribution in [0.3, 0.4) is 0 Å². The van der Waals surface area contributed by atoms with Crippen LogP contribution < -0.4 is 0 Å². The van der Waals surface area contributed by atoms with Gasteiger partial charge in [-0.3, -0.25) is 4.98 Å². The van der Waals surface area contributed by atoms with Crippen LogP contribution in [0, 0.1) is 0 Å². The van der Waals surface area contributed by atoms with Gasteiger partial charge >= 0.3 is 5.97 Å². The average Bonchev–Trinajstić information content (AvgIpc) is 2.70. The summed E-state index contributed by atoms with van der Waals surface area (Å²) in [4.78, 5) is 14.7. The minimum absolute atomic E-state index is 0.224. The van der Waals surface area contributed by atoms with Crippen molar-refractivity contribution in [1.29, 1.82) is 0 Å². The van der Waals surface area contributed by atoms with E-state index in [4.69, 9.17) is 9.52 Å². The van der Waals surface area contributed by atoms with Gasteiger partial charge in [-0.25, -0.2) is 4.79 Å². The van der Waals surface area contributed by atoms with E-state index in [1.165, 1.54) is 31.0 Å². The Morgan fingerprint density at radius 1 is 1.43 bits per heavy atom. The number of carbonyl (C=O) groups is 1. The zero-order chi connectivity index (χ0) is 9.97. The number of pyridine rings is 1. The second-order valence-corrected chi connectivity index (χ2v) is 2.74. The SMILES string of the molecule is O=C(O)c1ccncc1-c1ccoc1. The number of nitrogens with zero attached hydrogens (tertiary/aromatic N) is 1. The number of aromatic carboxylic acids is 1. The predicted octanol–water partition coefficient (Wildman–Crippen LogP) is 2.04. The summed E-state index contributed by atoms with van der Waals surface area (Å²) in [7, 11) is 0. The number of aromatic nitrogens is 1. The molecule has 0 bridgehead atoms. The van der Waals surface area contributed by atoms with Gasteiger partial charge in [-0.1, -0.05) is 0 Å². The lowest BCUT2D eigenvalue weighted by atomic mass is 10.1. The highest BCUT2D eigenvalue weighted by Crippen LogP contribution is 2.22. The summed E-state index contributed by atoms with van der Waals surface area (Å²) in [5.41, 5.74) is 1.51. The van der Waals surface area contributed by atoms with E-state index in [2.05, 4.69) is 4.98 Å². The first-order valence-electron chi connectivity index (χ1n) is 3.99. The lowest BCUT2D eigenvalue weighted by molar-refractivity contribution is 0.0697. The molecule has 0 amide bonds. The summed E-state index contributed by atoms with van der Waals surface area (Å²) in [6.07, 6.45) is 5.94.